The van der Waals surface area contributed by atoms with Gasteiger partial charge in [-0.15, -0.1) is 11.8 Å². The maximum absolute atomic E-state index is 11.6. The number of carbonyl (C=O) groups excluding carboxylic acids is 1. The van der Waals surface area contributed by atoms with E-state index in [9.17, 15) is 4.79 Å². The maximum Gasteiger partial charge on any atom is 0.230 e. The van der Waals surface area contributed by atoms with E-state index in [0.29, 0.717) is 5.75 Å². The molecule has 3 heteroatoms. The van der Waals surface area contributed by atoms with Gasteiger partial charge in [-0.25, -0.2) is 0 Å². The highest BCUT2D eigenvalue weighted by molar-refractivity contribution is 8.00. The van der Waals surface area contributed by atoms with Crippen molar-refractivity contribution >= 4 is 17.7 Å². The molecule has 2 nitrogen and oxygen atoms in total. The SMILES string of the molecule is CCCCCCNC(=O)CSC1CCCCC1. The second-order valence-electron chi connectivity index (χ2n) is 4.98. The molecule has 1 saturated carbocycles. The molecule has 0 aromatic carbocycles. The molecule has 1 aliphatic carbocycles. The maximum atomic E-state index is 11.6. The largest absolute Gasteiger partial charge is 0.355 e. The predicted molar refractivity (Wildman–Crippen MR) is 76.5 cm³/mol. The molecule has 0 aliphatic heterocycles. The Labute approximate surface area is 110 Å². The molecule has 0 heterocycles. The van der Waals surface area contributed by atoms with E-state index in [1.807, 2.05) is 11.8 Å². The van der Waals surface area contributed by atoms with Crippen molar-refractivity contribution in [3.63, 3.8) is 0 Å². The molecule has 1 rings (SSSR count). The van der Waals surface area contributed by atoms with Gasteiger partial charge in [0.15, 0.2) is 0 Å². The van der Waals surface area contributed by atoms with E-state index < -0.39 is 0 Å². The minimum Gasteiger partial charge on any atom is -0.355 e. The zero-order valence-corrected chi connectivity index (χ0v) is 12.0. The lowest BCUT2D eigenvalue weighted by Crippen LogP contribution is -2.27. The lowest BCUT2D eigenvalue weighted by atomic mass is 10.0. The normalized spacial score (nSPS) is 17.0. The molecule has 0 saturated heterocycles. The minimum atomic E-state index is 0.233. The molecular formula is C14H27NOS. The molecule has 0 aromatic rings. The van der Waals surface area contributed by atoms with Crippen molar-refractivity contribution < 1.29 is 4.79 Å². The van der Waals surface area contributed by atoms with Gasteiger partial charge in [0.2, 0.25) is 5.91 Å². The first-order chi connectivity index (χ1) is 8.33. The predicted octanol–water partition coefficient (Wildman–Crippen LogP) is 3.75. The molecule has 17 heavy (non-hydrogen) atoms. The number of carbonyl (C=O) groups is 1. The summed E-state index contributed by atoms with van der Waals surface area (Å²) in [5.41, 5.74) is 0. The molecule has 1 amide bonds. The van der Waals surface area contributed by atoms with Gasteiger partial charge in [-0.3, -0.25) is 4.79 Å². The number of rotatable bonds is 8. The fraction of sp³-hybridized carbons (Fsp3) is 0.929. The number of thioether (sulfide) groups is 1. The van der Waals surface area contributed by atoms with Crippen LogP contribution in [-0.4, -0.2) is 23.5 Å². The van der Waals surface area contributed by atoms with Crippen molar-refractivity contribution in [3.8, 4) is 0 Å². The lowest BCUT2D eigenvalue weighted by molar-refractivity contribution is -0.118. The topological polar surface area (TPSA) is 29.1 Å². The van der Waals surface area contributed by atoms with Crippen LogP contribution in [0.1, 0.15) is 64.7 Å². The molecule has 1 aliphatic rings. The molecule has 0 unspecified atom stereocenters. The van der Waals surface area contributed by atoms with Crippen LogP contribution in [0.4, 0.5) is 0 Å². The number of hydrogen-bond donors (Lipinski definition) is 1. The Balaban J connectivity index is 1.93. The van der Waals surface area contributed by atoms with E-state index >= 15 is 0 Å². The van der Waals surface area contributed by atoms with Crippen LogP contribution >= 0.6 is 11.8 Å². The van der Waals surface area contributed by atoms with Gasteiger partial charge in [0.1, 0.15) is 0 Å². The van der Waals surface area contributed by atoms with Crippen molar-refractivity contribution in [3.05, 3.63) is 0 Å². The molecule has 1 fully saturated rings. The smallest absolute Gasteiger partial charge is 0.230 e. The van der Waals surface area contributed by atoms with E-state index in [-0.39, 0.29) is 5.91 Å². The third kappa shape index (κ3) is 7.69. The first-order valence-corrected chi connectivity index (χ1v) is 8.26. The second kappa shape index (κ2) is 9.81. The van der Waals surface area contributed by atoms with Gasteiger partial charge in [0, 0.05) is 11.8 Å². The van der Waals surface area contributed by atoms with Crippen LogP contribution in [0.25, 0.3) is 0 Å². The third-order valence-corrected chi connectivity index (χ3v) is 4.73. The summed E-state index contributed by atoms with van der Waals surface area (Å²) in [6, 6.07) is 0. The van der Waals surface area contributed by atoms with Gasteiger partial charge in [-0.1, -0.05) is 45.4 Å². The third-order valence-electron chi connectivity index (χ3n) is 3.35. The summed E-state index contributed by atoms with van der Waals surface area (Å²) in [6.45, 7) is 3.07. The summed E-state index contributed by atoms with van der Waals surface area (Å²) >= 11 is 1.86. The molecule has 0 spiro atoms. The summed E-state index contributed by atoms with van der Waals surface area (Å²) < 4.78 is 0. The van der Waals surface area contributed by atoms with Crippen LogP contribution in [0.5, 0.6) is 0 Å². The molecule has 1 N–H and O–H groups in total. The van der Waals surface area contributed by atoms with Crippen LogP contribution in [-0.2, 0) is 4.79 Å². The summed E-state index contributed by atoms with van der Waals surface area (Å²) in [4.78, 5) is 11.6. The zero-order chi connectivity index (χ0) is 12.3. The van der Waals surface area contributed by atoms with Crippen LogP contribution in [0, 0.1) is 0 Å². The van der Waals surface area contributed by atoms with Crippen molar-refractivity contribution in [2.24, 2.45) is 0 Å². The standard InChI is InChI=1S/C14H27NOS/c1-2-3-4-8-11-15-14(16)12-17-13-9-6-5-7-10-13/h13H,2-12H2,1H3,(H,15,16). The van der Waals surface area contributed by atoms with E-state index in [4.69, 9.17) is 0 Å². The van der Waals surface area contributed by atoms with Crippen molar-refractivity contribution in [2.75, 3.05) is 12.3 Å². The van der Waals surface area contributed by atoms with Crippen LogP contribution in [0.2, 0.25) is 0 Å². The average Bonchev–Trinajstić information content (AvgIpc) is 2.37. The van der Waals surface area contributed by atoms with E-state index in [0.717, 1.165) is 18.2 Å². The first kappa shape index (κ1) is 14.9. The molecule has 0 aromatic heterocycles. The van der Waals surface area contributed by atoms with E-state index in [1.54, 1.807) is 0 Å². The van der Waals surface area contributed by atoms with Crippen LogP contribution in [0.15, 0.2) is 0 Å². The fourth-order valence-corrected chi connectivity index (χ4v) is 3.41. The van der Waals surface area contributed by atoms with Gasteiger partial charge in [0.05, 0.1) is 5.75 Å². The van der Waals surface area contributed by atoms with E-state index in [1.165, 1.54) is 51.4 Å². The monoisotopic (exact) mass is 257 g/mol. The minimum absolute atomic E-state index is 0.233. The average molecular weight is 257 g/mol. The van der Waals surface area contributed by atoms with Crippen molar-refractivity contribution in [1.29, 1.82) is 0 Å². The van der Waals surface area contributed by atoms with Crippen molar-refractivity contribution in [1.82, 2.24) is 5.32 Å². The molecule has 0 atom stereocenters. The molecule has 100 valence electrons. The zero-order valence-electron chi connectivity index (χ0n) is 11.2. The Hall–Kier alpha value is -0.180. The highest BCUT2D eigenvalue weighted by atomic mass is 32.2. The van der Waals surface area contributed by atoms with Crippen LogP contribution in [0.3, 0.4) is 0 Å². The summed E-state index contributed by atoms with van der Waals surface area (Å²) in [5.74, 6) is 0.899. The summed E-state index contributed by atoms with van der Waals surface area (Å²) in [7, 11) is 0. The van der Waals surface area contributed by atoms with E-state index in [2.05, 4.69) is 12.2 Å². The highest BCUT2D eigenvalue weighted by Gasteiger charge is 2.14. The Morgan fingerprint density at radius 2 is 1.94 bits per heavy atom. The number of hydrogen-bond acceptors (Lipinski definition) is 2. The number of amides is 1. The van der Waals surface area contributed by atoms with Gasteiger partial charge in [0.25, 0.3) is 0 Å². The Kier molecular flexibility index (Phi) is 8.59. The van der Waals surface area contributed by atoms with Crippen molar-refractivity contribution in [2.45, 2.75) is 70.0 Å². The van der Waals surface area contributed by atoms with Crippen LogP contribution < -0.4 is 5.32 Å². The fourth-order valence-electron chi connectivity index (χ4n) is 2.26. The first-order valence-electron chi connectivity index (χ1n) is 7.21. The number of unbranched alkanes of at least 4 members (excludes halogenated alkanes) is 3. The Bertz CT molecular complexity index is 202. The summed E-state index contributed by atoms with van der Waals surface area (Å²) in [6.07, 6.45) is 11.6. The van der Waals surface area contributed by atoms with Gasteiger partial charge < -0.3 is 5.32 Å². The molecule has 0 bridgehead atoms. The quantitative estimate of drug-likeness (QED) is 0.671. The Morgan fingerprint density at radius 3 is 2.65 bits per heavy atom. The summed E-state index contributed by atoms with van der Waals surface area (Å²) in [5, 5.41) is 3.77. The van der Waals surface area contributed by atoms with Gasteiger partial charge in [-0.05, 0) is 19.3 Å². The van der Waals surface area contributed by atoms with Gasteiger partial charge in [-0.2, -0.15) is 0 Å². The molecular weight excluding hydrogens is 230 g/mol. The molecule has 0 radical (unpaired) electrons. The Morgan fingerprint density at radius 1 is 1.18 bits per heavy atom. The second-order valence-corrected chi connectivity index (χ2v) is 6.27. The van der Waals surface area contributed by atoms with Gasteiger partial charge >= 0.3 is 0 Å². The number of nitrogens with one attached hydrogen (secondary N) is 1. The lowest BCUT2D eigenvalue weighted by Gasteiger charge is -2.20. The highest BCUT2D eigenvalue weighted by Crippen LogP contribution is 2.27.